The monoisotopic (exact) mass is 433 g/mol. The predicted molar refractivity (Wildman–Crippen MR) is 139 cm³/mol. The van der Waals surface area contributed by atoms with Crippen LogP contribution in [0.25, 0.3) is 0 Å². The van der Waals surface area contributed by atoms with Crippen LogP contribution in [0.15, 0.2) is 41.4 Å². The standard InChI is InChI=1S/C27H39N5/c1-18(2)23-12-9-13-24(19(3)4)26(23)32-17-16-31(27(32)28)25-20(5)10-8-11-22(25)14-15-30-21(6)29-7/h8-13,18-19,28H,14-17H2,1-7H3,(H,29,30). The second-order valence-corrected chi connectivity index (χ2v) is 9.29. The Morgan fingerprint density at radius 2 is 1.53 bits per heavy atom. The number of aryl methyl sites for hydroxylation is 1. The fourth-order valence-corrected chi connectivity index (χ4v) is 4.58. The highest BCUT2D eigenvalue weighted by molar-refractivity contribution is 6.09. The van der Waals surface area contributed by atoms with E-state index in [1.807, 2.05) is 6.92 Å². The summed E-state index contributed by atoms with van der Waals surface area (Å²) in [7, 11) is 1.81. The van der Waals surface area contributed by atoms with Gasteiger partial charge in [-0.3, -0.25) is 10.4 Å². The average Bonchev–Trinajstić information content (AvgIpc) is 3.13. The molecular weight excluding hydrogens is 394 g/mol. The number of hydrogen-bond acceptors (Lipinski definition) is 2. The van der Waals surface area contributed by atoms with Crippen molar-refractivity contribution in [1.29, 1.82) is 5.41 Å². The van der Waals surface area contributed by atoms with Crippen LogP contribution in [0, 0.1) is 12.3 Å². The number of amidine groups is 1. The van der Waals surface area contributed by atoms with Gasteiger partial charge < -0.3 is 15.1 Å². The molecule has 2 aromatic rings. The molecule has 0 atom stereocenters. The van der Waals surface area contributed by atoms with Gasteiger partial charge in [0.05, 0.1) is 11.5 Å². The van der Waals surface area contributed by atoms with Crippen LogP contribution in [0.4, 0.5) is 11.4 Å². The van der Waals surface area contributed by atoms with E-state index in [1.54, 1.807) is 7.05 Å². The largest absolute Gasteiger partial charge is 0.374 e. The Bertz CT molecular complexity index is 963. The molecule has 0 aliphatic carbocycles. The van der Waals surface area contributed by atoms with Crippen molar-refractivity contribution in [2.24, 2.45) is 4.99 Å². The van der Waals surface area contributed by atoms with Crippen molar-refractivity contribution < 1.29 is 0 Å². The second-order valence-electron chi connectivity index (χ2n) is 9.29. The third kappa shape index (κ3) is 4.82. The van der Waals surface area contributed by atoms with Crippen LogP contribution >= 0.6 is 0 Å². The van der Waals surface area contributed by atoms with Crippen molar-refractivity contribution in [2.45, 2.75) is 59.8 Å². The third-order valence-corrected chi connectivity index (χ3v) is 6.37. The second kappa shape index (κ2) is 10.2. The van der Waals surface area contributed by atoms with Crippen LogP contribution in [0.3, 0.4) is 0 Å². The van der Waals surface area contributed by atoms with E-state index in [0.717, 1.165) is 31.9 Å². The zero-order valence-corrected chi connectivity index (χ0v) is 20.8. The Morgan fingerprint density at radius 3 is 2.09 bits per heavy atom. The third-order valence-electron chi connectivity index (χ3n) is 6.37. The van der Waals surface area contributed by atoms with Gasteiger partial charge >= 0.3 is 0 Å². The number of anilines is 2. The summed E-state index contributed by atoms with van der Waals surface area (Å²) in [6, 6.07) is 13.1. The number of rotatable bonds is 7. The van der Waals surface area contributed by atoms with E-state index < -0.39 is 0 Å². The molecule has 1 fully saturated rings. The number of aliphatic imine (C=N–C) groups is 1. The van der Waals surface area contributed by atoms with Gasteiger partial charge in [-0.15, -0.1) is 0 Å². The first-order valence-electron chi connectivity index (χ1n) is 11.8. The van der Waals surface area contributed by atoms with E-state index in [2.05, 4.69) is 91.1 Å². The van der Waals surface area contributed by atoms with Crippen LogP contribution in [-0.2, 0) is 6.42 Å². The summed E-state index contributed by atoms with van der Waals surface area (Å²) in [6.07, 6.45) is 0.896. The molecule has 2 aromatic carbocycles. The van der Waals surface area contributed by atoms with Gasteiger partial charge in [-0.05, 0) is 54.4 Å². The summed E-state index contributed by atoms with van der Waals surface area (Å²) in [6.45, 7) is 15.6. The van der Waals surface area contributed by atoms with Crippen LogP contribution < -0.4 is 15.1 Å². The molecule has 5 heteroatoms. The number of hydrogen-bond donors (Lipinski definition) is 2. The van der Waals surface area contributed by atoms with Gasteiger partial charge in [-0.1, -0.05) is 64.1 Å². The lowest BCUT2D eigenvalue weighted by Crippen LogP contribution is -2.35. The Morgan fingerprint density at radius 1 is 0.969 bits per heavy atom. The minimum atomic E-state index is 0.411. The smallest absolute Gasteiger partial charge is 0.203 e. The van der Waals surface area contributed by atoms with Gasteiger partial charge in [-0.25, -0.2) is 0 Å². The van der Waals surface area contributed by atoms with E-state index in [1.165, 1.54) is 33.6 Å². The highest BCUT2D eigenvalue weighted by atomic mass is 15.4. The SMILES string of the molecule is CN=C(C)NCCc1cccc(C)c1N1CCN(c2c(C(C)C)cccc2C(C)C)C1=N. The van der Waals surface area contributed by atoms with Crippen molar-refractivity contribution in [2.75, 3.05) is 36.5 Å². The summed E-state index contributed by atoms with van der Waals surface area (Å²) >= 11 is 0. The fraction of sp³-hybridized carbons (Fsp3) is 0.481. The van der Waals surface area contributed by atoms with Gasteiger partial charge in [0.2, 0.25) is 5.96 Å². The lowest BCUT2D eigenvalue weighted by molar-refractivity contribution is 0.824. The highest BCUT2D eigenvalue weighted by Crippen LogP contribution is 2.38. The molecule has 1 saturated heterocycles. The molecule has 0 unspecified atom stereocenters. The van der Waals surface area contributed by atoms with Crippen molar-refractivity contribution in [1.82, 2.24) is 5.32 Å². The summed E-state index contributed by atoms with van der Waals surface area (Å²) < 4.78 is 0. The predicted octanol–water partition coefficient (Wildman–Crippen LogP) is 5.68. The molecule has 0 saturated carbocycles. The minimum absolute atomic E-state index is 0.411. The van der Waals surface area contributed by atoms with E-state index >= 15 is 0 Å². The number of benzene rings is 2. The molecule has 1 heterocycles. The summed E-state index contributed by atoms with van der Waals surface area (Å²) in [5.74, 6) is 2.35. The first-order valence-corrected chi connectivity index (χ1v) is 11.8. The van der Waals surface area contributed by atoms with Gasteiger partial charge in [0.15, 0.2) is 0 Å². The molecule has 0 aromatic heterocycles. The molecule has 0 amide bonds. The molecule has 0 spiro atoms. The zero-order chi connectivity index (χ0) is 23.4. The van der Waals surface area contributed by atoms with E-state index in [9.17, 15) is 5.41 Å². The van der Waals surface area contributed by atoms with Crippen LogP contribution in [0.2, 0.25) is 0 Å². The summed E-state index contributed by atoms with van der Waals surface area (Å²) in [5, 5.41) is 12.6. The van der Waals surface area contributed by atoms with Crippen LogP contribution in [-0.4, -0.2) is 38.5 Å². The minimum Gasteiger partial charge on any atom is -0.374 e. The Hall–Kier alpha value is -2.82. The number of nitrogens with one attached hydrogen (secondary N) is 2. The molecule has 3 rings (SSSR count). The summed E-state index contributed by atoms with van der Waals surface area (Å²) in [5.41, 5.74) is 7.56. The first-order chi connectivity index (χ1) is 15.3. The molecule has 172 valence electrons. The van der Waals surface area contributed by atoms with Gasteiger partial charge in [-0.2, -0.15) is 0 Å². The molecule has 5 nitrogen and oxygen atoms in total. The summed E-state index contributed by atoms with van der Waals surface area (Å²) in [4.78, 5) is 8.62. The average molecular weight is 434 g/mol. The van der Waals surface area contributed by atoms with Crippen molar-refractivity contribution in [3.05, 3.63) is 58.7 Å². The molecule has 32 heavy (non-hydrogen) atoms. The van der Waals surface area contributed by atoms with Crippen molar-refractivity contribution in [3.8, 4) is 0 Å². The Kier molecular flexibility index (Phi) is 7.60. The van der Waals surface area contributed by atoms with E-state index in [-0.39, 0.29) is 0 Å². The van der Waals surface area contributed by atoms with Crippen LogP contribution in [0.1, 0.15) is 68.7 Å². The highest BCUT2D eigenvalue weighted by Gasteiger charge is 2.32. The maximum atomic E-state index is 9.20. The molecule has 0 bridgehead atoms. The number of para-hydroxylation sites is 2. The zero-order valence-electron chi connectivity index (χ0n) is 20.8. The van der Waals surface area contributed by atoms with Gasteiger partial charge in [0, 0.05) is 32.4 Å². The molecular formula is C27H39N5. The topological polar surface area (TPSA) is 54.7 Å². The van der Waals surface area contributed by atoms with Gasteiger partial charge in [0.1, 0.15) is 0 Å². The Balaban J connectivity index is 1.95. The fourth-order valence-electron chi connectivity index (χ4n) is 4.58. The van der Waals surface area contributed by atoms with Gasteiger partial charge in [0.25, 0.3) is 0 Å². The maximum Gasteiger partial charge on any atom is 0.203 e. The Labute approximate surface area is 194 Å². The molecule has 1 aliphatic heterocycles. The molecule has 0 radical (unpaired) electrons. The quantitative estimate of drug-likeness (QED) is 0.436. The lowest BCUT2D eigenvalue weighted by atomic mass is 9.92. The number of nitrogens with zero attached hydrogens (tertiary/aromatic N) is 3. The van der Waals surface area contributed by atoms with Crippen molar-refractivity contribution in [3.63, 3.8) is 0 Å². The molecule has 1 aliphatic rings. The molecule has 2 N–H and O–H groups in total. The van der Waals surface area contributed by atoms with Crippen LogP contribution in [0.5, 0.6) is 0 Å². The first kappa shape index (κ1) is 23.8. The number of guanidine groups is 1. The maximum absolute atomic E-state index is 9.20. The van der Waals surface area contributed by atoms with E-state index in [4.69, 9.17) is 0 Å². The normalized spacial score (nSPS) is 14.8. The van der Waals surface area contributed by atoms with E-state index in [0.29, 0.717) is 17.8 Å². The van der Waals surface area contributed by atoms with Crippen molar-refractivity contribution >= 4 is 23.2 Å². The lowest BCUT2D eigenvalue weighted by Gasteiger charge is -2.30.